The average molecular weight is 313 g/mol. The van der Waals surface area contributed by atoms with Gasteiger partial charge in [0.1, 0.15) is 6.07 Å². The summed E-state index contributed by atoms with van der Waals surface area (Å²) in [5.74, 6) is 0. The van der Waals surface area contributed by atoms with Crippen LogP contribution in [-0.2, 0) is 16.6 Å². The van der Waals surface area contributed by atoms with Gasteiger partial charge in [-0.3, -0.25) is 0 Å². The van der Waals surface area contributed by atoms with E-state index in [1.54, 1.807) is 0 Å². The van der Waals surface area contributed by atoms with Crippen molar-refractivity contribution in [1.29, 1.82) is 5.26 Å². The first-order valence-electron chi connectivity index (χ1n) is 5.24. The van der Waals surface area contributed by atoms with Crippen molar-refractivity contribution in [2.45, 2.75) is 11.4 Å². The zero-order chi connectivity index (χ0) is 13.9. The minimum absolute atomic E-state index is 0.0491. The Balaban J connectivity index is 2.20. The van der Waals surface area contributed by atoms with E-state index in [9.17, 15) is 8.42 Å². The number of sulfonamides is 1. The van der Waals surface area contributed by atoms with Gasteiger partial charge in [-0.2, -0.15) is 5.26 Å². The van der Waals surface area contributed by atoms with Gasteiger partial charge in [-0.25, -0.2) is 13.1 Å². The third kappa shape index (κ3) is 3.33. The molecule has 0 spiro atoms. The van der Waals surface area contributed by atoms with Gasteiger partial charge in [0.25, 0.3) is 0 Å². The third-order valence-electron chi connectivity index (χ3n) is 2.39. The first kappa shape index (κ1) is 14.0. The van der Waals surface area contributed by atoms with Crippen LogP contribution >= 0.6 is 22.9 Å². The molecule has 0 amide bonds. The van der Waals surface area contributed by atoms with Crippen LogP contribution in [0.4, 0.5) is 0 Å². The molecule has 0 radical (unpaired) electrons. The van der Waals surface area contributed by atoms with E-state index in [1.807, 2.05) is 23.6 Å². The average Bonchev–Trinajstić information content (AvgIpc) is 2.89. The molecule has 7 heteroatoms. The van der Waals surface area contributed by atoms with Gasteiger partial charge in [0.05, 0.1) is 15.5 Å². The molecule has 1 N–H and O–H groups in total. The number of benzene rings is 1. The molecule has 1 heterocycles. The molecule has 0 saturated carbocycles. The normalized spacial score (nSPS) is 11.2. The molecule has 0 aliphatic carbocycles. The van der Waals surface area contributed by atoms with Crippen LogP contribution in [0.2, 0.25) is 5.02 Å². The SMILES string of the molecule is N#Cc1ccc(S(=O)(=O)NCc2cccs2)cc1Cl. The number of halogens is 1. The second kappa shape index (κ2) is 5.72. The van der Waals surface area contributed by atoms with Crippen LogP contribution < -0.4 is 4.72 Å². The van der Waals surface area contributed by atoms with Crippen LogP contribution in [-0.4, -0.2) is 8.42 Å². The molecule has 0 aliphatic heterocycles. The molecular weight excluding hydrogens is 304 g/mol. The van der Waals surface area contributed by atoms with E-state index in [0.29, 0.717) is 0 Å². The number of thiophene rings is 1. The smallest absolute Gasteiger partial charge is 0.207 e. The van der Waals surface area contributed by atoms with Gasteiger partial charge >= 0.3 is 0 Å². The van der Waals surface area contributed by atoms with E-state index in [0.717, 1.165) is 4.88 Å². The van der Waals surface area contributed by atoms with Gasteiger partial charge in [-0.1, -0.05) is 17.7 Å². The fourth-order valence-corrected chi connectivity index (χ4v) is 3.47. The number of rotatable bonds is 4. The van der Waals surface area contributed by atoms with Crippen LogP contribution in [0.3, 0.4) is 0 Å². The van der Waals surface area contributed by atoms with Crippen molar-refractivity contribution >= 4 is 33.0 Å². The van der Waals surface area contributed by atoms with Crippen LogP contribution in [0.25, 0.3) is 0 Å². The number of nitrogens with one attached hydrogen (secondary N) is 1. The molecule has 4 nitrogen and oxygen atoms in total. The van der Waals surface area contributed by atoms with Gasteiger partial charge < -0.3 is 0 Å². The fraction of sp³-hybridized carbons (Fsp3) is 0.0833. The minimum atomic E-state index is -3.62. The summed E-state index contributed by atoms with van der Waals surface area (Å²) >= 11 is 7.29. The zero-order valence-electron chi connectivity index (χ0n) is 9.63. The Morgan fingerprint density at radius 1 is 1.37 bits per heavy atom. The molecule has 2 rings (SSSR count). The Hall–Kier alpha value is -1.39. The molecule has 0 bridgehead atoms. The zero-order valence-corrected chi connectivity index (χ0v) is 12.0. The summed E-state index contributed by atoms with van der Waals surface area (Å²) in [5, 5.41) is 10.7. The second-order valence-corrected chi connectivity index (χ2v) is 6.86. The molecule has 2 aromatic rings. The molecule has 19 heavy (non-hydrogen) atoms. The molecule has 0 unspecified atom stereocenters. The van der Waals surface area contributed by atoms with Crippen LogP contribution in [0, 0.1) is 11.3 Å². The molecule has 0 atom stereocenters. The van der Waals surface area contributed by atoms with Crippen LogP contribution in [0.1, 0.15) is 10.4 Å². The van der Waals surface area contributed by atoms with Crippen molar-refractivity contribution in [2.75, 3.05) is 0 Å². The van der Waals surface area contributed by atoms with Crippen LogP contribution in [0.5, 0.6) is 0 Å². The molecule has 1 aromatic carbocycles. The Morgan fingerprint density at radius 2 is 2.16 bits per heavy atom. The maximum absolute atomic E-state index is 12.0. The first-order valence-corrected chi connectivity index (χ1v) is 7.99. The Morgan fingerprint density at radius 3 is 2.74 bits per heavy atom. The third-order valence-corrected chi connectivity index (χ3v) is 4.98. The Bertz CT molecular complexity index is 719. The molecule has 1 aromatic heterocycles. The van der Waals surface area contributed by atoms with E-state index >= 15 is 0 Å². The van der Waals surface area contributed by atoms with E-state index < -0.39 is 10.0 Å². The van der Waals surface area contributed by atoms with Crippen molar-refractivity contribution in [3.63, 3.8) is 0 Å². The maximum atomic E-state index is 12.0. The highest BCUT2D eigenvalue weighted by Crippen LogP contribution is 2.20. The van der Waals surface area contributed by atoms with Crippen molar-refractivity contribution in [3.05, 3.63) is 51.2 Å². The molecule has 0 fully saturated rings. The highest BCUT2D eigenvalue weighted by atomic mass is 35.5. The summed E-state index contributed by atoms with van der Waals surface area (Å²) in [6.45, 7) is 0.234. The highest BCUT2D eigenvalue weighted by Gasteiger charge is 2.15. The fourth-order valence-electron chi connectivity index (χ4n) is 1.42. The van der Waals surface area contributed by atoms with Gasteiger partial charge in [0.2, 0.25) is 10.0 Å². The number of nitriles is 1. The van der Waals surface area contributed by atoms with Crippen molar-refractivity contribution in [1.82, 2.24) is 4.72 Å². The summed E-state index contributed by atoms with van der Waals surface area (Å²) < 4.78 is 26.5. The summed E-state index contributed by atoms with van der Waals surface area (Å²) in [7, 11) is -3.62. The lowest BCUT2D eigenvalue weighted by atomic mass is 10.2. The predicted molar refractivity (Wildman–Crippen MR) is 74.5 cm³/mol. The summed E-state index contributed by atoms with van der Waals surface area (Å²) in [4.78, 5) is 0.969. The lowest BCUT2D eigenvalue weighted by Gasteiger charge is -2.06. The summed E-state index contributed by atoms with van der Waals surface area (Å²) in [5.41, 5.74) is 0.249. The Kier molecular flexibility index (Phi) is 4.22. The largest absolute Gasteiger partial charge is 0.240 e. The number of hydrogen-bond acceptors (Lipinski definition) is 4. The summed E-state index contributed by atoms with van der Waals surface area (Å²) in [6.07, 6.45) is 0. The van der Waals surface area contributed by atoms with Crippen molar-refractivity contribution < 1.29 is 8.42 Å². The Labute approximate surface area is 120 Å². The minimum Gasteiger partial charge on any atom is -0.207 e. The van der Waals surface area contributed by atoms with E-state index in [2.05, 4.69) is 4.72 Å². The van der Waals surface area contributed by atoms with Gasteiger partial charge in [-0.05, 0) is 29.6 Å². The molecule has 98 valence electrons. The van der Waals surface area contributed by atoms with Crippen molar-refractivity contribution in [3.8, 4) is 6.07 Å². The monoisotopic (exact) mass is 312 g/mol. The quantitative estimate of drug-likeness (QED) is 0.943. The van der Waals surface area contributed by atoms with E-state index in [4.69, 9.17) is 16.9 Å². The molecular formula is C12H9ClN2O2S2. The van der Waals surface area contributed by atoms with Crippen molar-refractivity contribution in [2.24, 2.45) is 0 Å². The molecule has 0 saturated heterocycles. The van der Waals surface area contributed by atoms with Gasteiger partial charge in [0, 0.05) is 11.4 Å². The summed E-state index contributed by atoms with van der Waals surface area (Å²) in [6, 6.07) is 9.61. The standard InChI is InChI=1S/C12H9ClN2O2S2/c13-12-6-11(4-3-9(12)7-14)19(16,17)15-8-10-2-1-5-18-10/h1-6,15H,8H2. The van der Waals surface area contributed by atoms with Crippen LogP contribution in [0.15, 0.2) is 40.6 Å². The highest BCUT2D eigenvalue weighted by molar-refractivity contribution is 7.89. The second-order valence-electron chi connectivity index (χ2n) is 3.66. The van der Waals surface area contributed by atoms with E-state index in [1.165, 1.54) is 29.5 Å². The topological polar surface area (TPSA) is 70.0 Å². The molecule has 0 aliphatic rings. The number of hydrogen-bond donors (Lipinski definition) is 1. The number of nitrogens with zero attached hydrogens (tertiary/aromatic N) is 1. The lowest BCUT2D eigenvalue weighted by Crippen LogP contribution is -2.22. The van der Waals surface area contributed by atoms with Gasteiger partial charge in [-0.15, -0.1) is 11.3 Å². The van der Waals surface area contributed by atoms with Gasteiger partial charge in [0.15, 0.2) is 0 Å². The first-order chi connectivity index (χ1) is 9.03. The lowest BCUT2D eigenvalue weighted by molar-refractivity contribution is 0.582. The maximum Gasteiger partial charge on any atom is 0.240 e. The predicted octanol–water partition coefficient (Wildman–Crippen LogP) is 2.75. The van der Waals surface area contributed by atoms with E-state index in [-0.39, 0.29) is 22.0 Å².